The summed E-state index contributed by atoms with van der Waals surface area (Å²) in [4.78, 5) is 6.38. The van der Waals surface area contributed by atoms with Gasteiger partial charge in [0.2, 0.25) is 0 Å². The molecule has 0 amide bonds. The molecule has 2 rings (SSSR count). The number of aromatic nitrogens is 3. The van der Waals surface area contributed by atoms with Crippen LogP contribution in [0.15, 0.2) is 36.8 Å². The van der Waals surface area contributed by atoms with E-state index in [1.165, 1.54) is 0 Å². The zero-order valence-corrected chi connectivity index (χ0v) is 12.6. The first kappa shape index (κ1) is 15.3. The molecule has 2 heterocycles. The second-order valence-electron chi connectivity index (χ2n) is 5.15. The van der Waals surface area contributed by atoms with Gasteiger partial charge in [0.25, 0.3) is 0 Å². The molecule has 114 valence electrons. The molecular weight excluding hydrogens is 266 g/mol. The number of hydrogen-bond acceptors (Lipinski definition) is 5. The standard InChI is InChI=1S/C15H23N5O/c1-13(6-9-20-8-3-7-17-20)18-15-5-4-14(12-16-15)19(2)10-11-21/h3-5,7-8,12-13,21H,6,9-11H2,1-2H3,(H,16,18). The summed E-state index contributed by atoms with van der Waals surface area (Å²) in [6.45, 7) is 3.77. The zero-order chi connectivity index (χ0) is 15.1. The lowest BCUT2D eigenvalue weighted by Gasteiger charge is -2.19. The van der Waals surface area contributed by atoms with Crippen LogP contribution in [0.3, 0.4) is 0 Å². The van der Waals surface area contributed by atoms with Crippen molar-refractivity contribution in [1.29, 1.82) is 0 Å². The summed E-state index contributed by atoms with van der Waals surface area (Å²) < 4.78 is 1.93. The van der Waals surface area contributed by atoms with Crippen LogP contribution in [0.25, 0.3) is 0 Å². The van der Waals surface area contributed by atoms with Crippen molar-refractivity contribution >= 4 is 11.5 Å². The minimum atomic E-state index is 0.140. The molecule has 0 radical (unpaired) electrons. The molecular formula is C15H23N5O. The summed E-state index contributed by atoms with van der Waals surface area (Å²) in [6, 6.07) is 6.22. The fourth-order valence-corrected chi connectivity index (χ4v) is 2.06. The molecule has 0 saturated heterocycles. The number of aliphatic hydroxyl groups excluding tert-OH is 1. The molecule has 0 fully saturated rings. The molecule has 2 aromatic heterocycles. The minimum absolute atomic E-state index is 0.140. The topological polar surface area (TPSA) is 66.2 Å². The first-order valence-corrected chi connectivity index (χ1v) is 7.21. The molecule has 1 atom stereocenters. The van der Waals surface area contributed by atoms with Crippen molar-refractivity contribution in [2.45, 2.75) is 25.9 Å². The number of anilines is 2. The lowest BCUT2D eigenvalue weighted by molar-refractivity contribution is 0.304. The predicted molar refractivity (Wildman–Crippen MR) is 84.5 cm³/mol. The van der Waals surface area contributed by atoms with Crippen molar-refractivity contribution in [1.82, 2.24) is 14.8 Å². The molecule has 0 bridgehead atoms. The molecule has 0 spiro atoms. The molecule has 0 aliphatic carbocycles. The van der Waals surface area contributed by atoms with Gasteiger partial charge in [-0.25, -0.2) is 4.98 Å². The highest BCUT2D eigenvalue weighted by Gasteiger charge is 2.05. The summed E-state index contributed by atoms with van der Waals surface area (Å²) in [5.74, 6) is 0.865. The van der Waals surface area contributed by atoms with Gasteiger partial charge in [-0.2, -0.15) is 5.10 Å². The Balaban J connectivity index is 1.82. The van der Waals surface area contributed by atoms with Crippen LogP contribution in [0, 0.1) is 0 Å². The van der Waals surface area contributed by atoms with Crippen LogP contribution in [0.5, 0.6) is 0 Å². The number of aliphatic hydroxyl groups is 1. The van der Waals surface area contributed by atoms with Crippen LogP contribution in [0.1, 0.15) is 13.3 Å². The fourth-order valence-electron chi connectivity index (χ4n) is 2.06. The smallest absolute Gasteiger partial charge is 0.126 e. The largest absolute Gasteiger partial charge is 0.395 e. The molecule has 0 aromatic carbocycles. The van der Waals surface area contributed by atoms with Gasteiger partial charge < -0.3 is 15.3 Å². The molecule has 0 aliphatic heterocycles. The third-order valence-corrected chi connectivity index (χ3v) is 3.37. The maximum atomic E-state index is 8.93. The second kappa shape index (κ2) is 7.64. The van der Waals surface area contributed by atoms with E-state index in [1.54, 1.807) is 6.20 Å². The molecule has 1 unspecified atom stereocenters. The number of likely N-dealkylation sites (N-methyl/N-ethyl adjacent to an activating group) is 1. The van der Waals surface area contributed by atoms with Gasteiger partial charge in [0.05, 0.1) is 18.5 Å². The molecule has 0 aliphatic rings. The van der Waals surface area contributed by atoms with Gasteiger partial charge in [0.1, 0.15) is 5.82 Å². The minimum Gasteiger partial charge on any atom is -0.395 e. The van der Waals surface area contributed by atoms with Crippen LogP contribution >= 0.6 is 0 Å². The van der Waals surface area contributed by atoms with Crippen LogP contribution in [-0.4, -0.2) is 46.1 Å². The Labute approximate surface area is 125 Å². The van der Waals surface area contributed by atoms with Gasteiger partial charge in [-0.05, 0) is 31.5 Å². The number of pyridine rings is 1. The van der Waals surface area contributed by atoms with E-state index in [0.29, 0.717) is 12.6 Å². The van der Waals surface area contributed by atoms with E-state index < -0.39 is 0 Å². The van der Waals surface area contributed by atoms with Crippen molar-refractivity contribution in [2.75, 3.05) is 30.4 Å². The van der Waals surface area contributed by atoms with E-state index in [9.17, 15) is 0 Å². The average molecular weight is 289 g/mol. The van der Waals surface area contributed by atoms with Crippen molar-refractivity contribution in [3.8, 4) is 0 Å². The SMILES string of the molecule is CC(CCn1cccn1)Nc1ccc(N(C)CCO)cn1. The second-order valence-corrected chi connectivity index (χ2v) is 5.15. The number of hydrogen-bond donors (Lipinski definition) is 2. The maximum absolute atomic E-state index is 8.93. The van der Waals surface area contributed by atoms with E-state index in [-0.39, 0.29) is 6.61 Å². The van der Waals surface area contributed by atoms with Crippen molar-refractivity contribution in [3.05, 3.63) is 36.8 Å². The predicted octanol–water partition coefficient (Wildman–Crippen LogP) is 1.60. The van der Waals surface area contributed by atoms with Crippen LogP contribution in [0.4, 0.5) is 11.5 Å². The van der Waals surface area contributed by atoms with E-state index >= 15 is 0 Å². The molecule has 6 heteroatoms. The molecule has 6 nitrogen and oxygen atoms in total. The van der Waals surface area contributed by atoms with Crippen LogP contribution in [-0.2, 0) is 6.54 Å². The lowest BCUT2D eigenvalue weighted by atomic mass is 10.2. The monoisotopic (exact) mass is 289 g/mol. The number of rotatable bonds is 8. The Hall–Kier alpha value is -2.08. The van der Waals surface area contributed by atoms with Crippen LogP contribution < -0.4 is 10.2 Å². The average Bonchev–Trinajstić information content (AvgIpc) is 2.99. The van der Waals surface area contributed by atoms with Crippen molar-refractivity contribution in [2.24, 2.45) is 0 Å². The lowest BCUT2D eigenvalue weighted by Crippen LogP contribution is -2.22. The highest BCUT2D eigenvalue weighted by atomic mass is 16.3. The Morgan fingerprint density at radius 3 is 2.90 bits per heavy atom. The van der Waals surface area contributed by atoms with Crippen LogP contribution in [0.2, 0.25) is 0 Å². The summed E-state index contributed by atoms with van der Waals surface area (Å²) in [6.07, 6.45) is 6.56. The summed E-state index contributed by atoms with van der Waals surface area (Å²) in [5.41, 5.74) is 0.999. The highest BCUT2D eigenvalue weighted by Crippen LogP contribution is 2.14. The fraction of sp³-hybridized carbons (Fsp3) is 0.467. The van der Waals surface area contributed by atoms with E-state index in [2.05, 4.69) is 22.3 Å². The maximum Gasteiger partial charge on any atom is 0.126 e. The first-order chi connectivity index (χ1) is 10.2. The number of aryl methyl sites for hydroxylation is 1. The van der Waals surface area contributed by atoms with Gasteiger partial charge in [-0.3, -0.25) is 4.68 Å². The van der Waals surface area contributed by atoms with Gasteiger partial charge in [-0.15, -0.1) is 0 Å². The van der Waals surface area contributed by atoms with Gasteiger partial charge >= 0.3 is 0 Å². The summed E-state index contributed by atoms with van der Waals surface area (Å²) in [5, 5.41) is 16.5. The summed E-state index contributed by atoms with van der Waals surface area (Å²) in [7, 11) is 1.94. The normalized spacial score (nSPS) is 12.1. The van der Waals surface area contributed by atoms with Gasteiger partial charge in [0.15, 0.2) is 0 Å². The van der Waals surface area contributed by atoms with E-state index in [4.69, 9.17) is 5.11 Å². The Morgan fingerprint density at radius 2 is 2.29 bits per heavy atom. The van der Waals surface area contributed by atoms with Crippen molar-refractivity contribution in [3.63, 3.8) is 0 Å². The van der Waals surface area contributed by atoms with Crippen molar-refractivity contribution < 1.29 is 5.11 Å². The molecule has 2 aromatic rings. The Bertz CT molecular complexity index is 511. The van der Waals surface area contributed by atoms with Gasteiger partial charge in [0, 0.05) is 38.6 Å². The third kappa shape index (κ3) is 4.75. The number of nitrogens with one attached hydrogen (secondary N) is 1. The molecule has 2 N–H and O–H groups in total. The van der Waals surface area contributed by atoms with E-state index in [0.717, 1.165) is 24.5 Å². The first-order valence-electron chi connectivity index (χ1n) is 7.21. The molecule has 21 heavy (non-hydrogen) atoms. The summed E-state index contributed by atoms with van der Waals surface area (Å²) >= 11 is 0. The quantitative estimate of drug-likeness (QED) is 0.772. The third-order valence-electron chi connectivity index (χ3n) is 3.37. The molecule has 0 saturated carbocycles. The number of nitrogens with zero attached hydrogens (tertiary/aromatic N) is 4. The Morgan fingerprint density at radius 1 is 1.43 bits per heavy atom. The highest BCUT2D eigenvalue weighted by molar-refractivity contribution is 5.49. The Kier molecular flexibility index (Phi) is 5.57. The zero-order valence-electron chi connectivity index (χ0n) is 12.6. The van der Waals surface area contributed by atoms with Gasteiger partial charge in [-0.1, -0.05) is 0 Å². The van der Waals surface area contributed by atoms with E-state index in [1.807, 2.05) is 47.2 Å².